The Hall–Kier alpha value is -1.40. The van der Waals surface area contributed by atoms with Crippen molar-refractivity contribution < 1.29 is 13.2 Å². The van der Waals surface area contributed by atoms with E-state index in [1.165, 1.54) is 30.5 Å². The Morgan fingerprint density at radius 2 is 1.36 bits per heavy atom. The molecular formula is C19H32N2O3S. The molecule has 0 aliphatic rings. The highest BCUT2D eigenvalue weighted by Crippen LogP contribution is 2.16. The van der Waals surface area contributed by atoms with Crippen molar-refractivity contribution >= 4 is 15.9 Å². The molecule has 1 aromatic carbocycles. The summed E-state index contributed by atoms with van der Waals surface area (Å²) in [7, 11) is -0.486. The molecule has 0 spiro atoms. The number of hydrogen-bond acceptors (Lipinski definition) is 3. The fourth-order valence-corrected chi connectivity index (χ4v) is 3.21. The van der Waals surface area contributed by atoms with E-state index in [4.69, 9.17) is 0 Å². The first-order valence-corrected chi connectivity index (χ1v) is 10.3. The van der Waals surface area contributed by atoms with Gasteiger partial charge in [-0.2, -0.15) is 0 Å². The van der Waals surface area contributed by atoms with E-state index in [1.807, 2.05) is 4.90 Å². The third-order valence-corrected chi connectivity index (χ3v) is 5.95. The second-order valence-electron chi connectivity index (χ2n) is 7.47. The summed E-state index contributed by atoms with van der Waals surface area (Å²) in [5, 5.41) is 0. The average Bonchev–Trinajstić information content (AvgIpc) is 2.53. The molecule has 0 bridgehead atoms. The zero-order valence-electron chi connectivity index (χ0n) is 16.3. The Bertz CT molecular complexity index is 638. The topological polar surface area (TPSA) is 57.7 Å². The quantitative estimate of drug-likeness (QED) is 0.670. The van der Waals surface area contributed by atoms with Crippen LogP contribution in [0.2, 0.25) is 0 Å². The van der Waals surface area contributed by atoms with E-state index in [1.54, 1.807) is 12.1 Å². The van der Waals surface area contributed by atoms with Gasteiger partial charge in [0.25, 0.3) is 5.91 Å². The van der Waals surface area contributed by atoms with Gasteiger partial charge >= 0.3 is 0 Å². The van der Waals surface area contributed by atoms with Gasteiger partial charge in [0.05, 0.1) is 4.90 Å². The monoisotopic (exact) mass is 368 g/mol. The summed E-state index contributed by atoms with van der Waals surface area (Å²) in [6.45, 7) is 10.0. The maximum Gasteiger partial charge on any atom is 0.253 e. The standard InChI is InChI=1S/C19H32N2O3S/c1-15(2)11-13-21(14-12-16(3)4)19(22)17-7-9-18(10-8-17)25(23,24)20(5)6/h7-10,15-16H,11-14H2,1-6H3. The molecule has 0 radical (unpaired) electrons. The van der Waals surface area contributed by atoms with Crippen molar-refractivity contribution in [3.05, 3.63) is 29.8 Å². The third kappa shape index (κ3) is 6.44. The lowest BCUT2D eigenvalue weighted by Crippen LogP contribution is -2.34. The molecule has 0 fully saturated rings. The van der Waals surface area contributed by atoms with Crippen LogP contribution in [-0.2, 0) is 10.0 Å². The summed E-state index contributed by atoms with van der Waals surface area (Å²) in [5.74, 6) is 1.03. The van der Waals surface area contributed by atoms with Gasteiger partial charge in [0.15, 0.2) is 0 Å². The fourth-order valence-electron chi connectivity index (χ4n) is 2.31. The van der Waals surface area contributed by atoms with Crippen molar-refractivity contribution in [1.29, 1.82) is 0 Å². The predicted octanol–water partition coefficient (Wildman–Crippen LogP) is 3.47. The smallest absolute Gasteiger partial charge is 0.253 e. The number of hydrogen-bond donors (Lipinski definition) is 0. The Kier molecular flexibility index (Phi) is 8.09. The van der Waals surface area contributed by atoms with E-state index >= 15 is 0 Å². The van der Waals surface area contributed by atoms with Gasteiger partial charge < -0.3 is 4.90 Å². The molecule has 0 aliphatic carbocycles. The molecule has 142 valence electrons. The molecule has 1 amide bonds. The van der Waals surface area contributed by atoms with E-state index < -0.39 is 10.0 Å². The largest absolute Gasteiger partial charge is 0.339 e. The van der Waals surface area contributed by atoms with Crippen LogP contribution in [0.4, 0.5) is 0 Å². The van der Waals surface area contributed by atoms with Gasteiger partial charge in [-0.15, -0.1) is 0 Å². The number of sulfonamides is 1. The van der Waals surface area contributed by atoms with Crippen LogP contribution in [0.1, 0.15) is 50.9 Å². The second kappa shape index (κ2) is 9.34. The van der Waals surface area contributed by atoms with Crippen LogP contribution in [0.25, 0.3) is 0 Å². The maximum absolute atomic E-state index is 12.8. The van der Waals surface area contributed by atoms with Gasteiger partial charge in [0.1, 0.15) is 0 Å². The summed E-state index contributed by atoms with van der Waals surface area (Å²) < 4.78 is 25.4. The van der Waals surface area contributed by atoms with Crippen LogP contribution < -0.4 is 0 Å². The van der Waals surface area contributed by atoms with Crippen molar-refractivity contribution in [2.75, 3.05) is 27.2 Å². The zero-order valence-corrected chi connectivity index (χ0v) is 17.1. The molecule has 0 saturated heterocycles. The minimum atomic E-state index is -3.47. The zero-order chi connectivity index (χ0) is 19.2. The van der Waals surface area contributed by atoms with Crippen LogP contribution in [0.3, 0.4) is 0 Å². The number of rotatable bonds is 9. The Balaban J connectivity index is 2.95. The maximum atomic E-state index is 12.8. The lowest BCUT2D eigenvalue weighted by Gasteiger charge is -2.25. The summed E-state index contributed by atoms with van der Waals surface area (Å²) in [6, 6.07) is 6.23. The van der Waals surface area contributed by atoms with E-state index in [-0.39, 0.29) is 10.8 Å². The van der Waals surface area contributed by atoms with Gasteiger partial charge in [-0.1, -0.05) is 27.7 Å². The Morgan fingerprint density at radius 3 is 1.72 bits per heavy atom. The first-order chi connectivity index (χ1) is 11.6. The summed E-state index contributed by atoms with van der Waals surface area (Å²) in [6.07, 6.45) is 1.91. The first-order valence-electron chi connectivity index (χ1n) is 8.87. The van der Waals surface area contributed by atoms with Gasteiger partial charge in [-0.05, 0) is 48.9 Å². The van der Waals surface area contributed by atoms with Crippen molar-refractivity contribution in [3.63, 3.8) is 0 Å². The highest BCUT2D eigenvalue weighted by molar-refractivity contribution is 7.89. The number of carbonyl (C=O) groups is 1. The second-order valence-corrected chi connectivity index (χ2v) is 9.62. The SMILES string of the molecule is CC(C)CCN(CCC(C)C)C(=O)c1ccc(S(=O)(=O)N(C)C)cc1. The van der Waals surface area contributed by atoms with Crippen molar-refractivity contribution in [3.8, 4) is 0 Å². The molecule has 0 aliphatic heterocycles. The van der Waals surface area contributed by atoms with Gasteiger partial charge in [0, 0.05) is 32.7 Å². The normalized spacial score (nSPS) is 12.2. The van der Waals surface area contributed by atoms with E-state index in [2.05, 4.69) is 27.7 Å². The lowest BCUT2D eigenvalue weighted by atomic mass is 10.1. The highest BCUT2D eigenvalue weighted by Gasteiger charge is 2.20. The van der Waals surface area contributed by atoms with Crippen LogP contribution >= 0.6 is 0 Å². The van der Waals surface area contributed by atoms with Gasteiger partial charge in [0.2, 0.25) is 10.0 Å². The predicted molar refractivity (Wildman–Crippen MR) is 102 cm³/mol. The van der Waals surface area contributed by atoms with Crippen LogP contribution in [0.15, 0.2) is 29.2 Å². The molecule has 1 rings (SSSR count). The fraction of sp³-hybridized carbons (Fsp3) is 0.632. The molecule has 0 unspecified atom stereocenters. The molecular weight excluding hydrogens is 336 g/mol. The molecule has 0 N–H and O–H groups in total. The van der Waals surface area contributed by atoms with Crippen LogP contribution in [-0.4, -0.2) is 50.7 Å². The molecule has 0 atom stereocenters. The summed E-state index contributed by atoms with van der Waals surface area (Å²) >= 11 is 0. The highest BCUT2D eigenvalue weighted by atomic mass is 32.2. The lowest BCUT2D eigenvalue weighted by molar-refractivity contribution is 0.0740. The molecule has 6 heteroatoms. The molecule has 0 aromatic heterocycles. The van der Waals surface area contributed by atoms with Gasteiger partial charge in [-0.25, -0.2) is 12.7 Å². The molecule has 0 heterocycles. The minimum absolute atomic E-state index is 0.0323. The van der Waals surface area contributed by atoms with E-state index in [0.29, 0.717) is 17.4 Å². The molecule has 0 saturated carbocycles. The Morgan fingerprint density at radius 1 is 0.920 bits per heavy atom. The van der Waals surface area contributed by atoms with E-state index in [9.17, 15) is 13.2 Å². The van der Waals surface area contributed by atoms with E-state index in [0.717, 1.165) is 25.9 Å². The molecule has 5 nitrogen and oxygen atoms in total. The number of nitrogens with zero attached hydrogens (tertiary/aromatic N) is 2. The number of benzene rings is 1. The third-order valence-electron chi connectivity index (χ3n) is 4.12. The Labute approximate surface area is 153 Å². The number of amides is 1. The van der Waals surface area contributed by atoms with Gasteiger partial charge in [-0.3, -0.25) is 4.79 Å². The first kappa shape index (κ1) is 21.6. The van der Waals surface area contributed by atoms with Crippen molar-refractivity contribution in [1.82, 2.24) is 9.21 Å². The van der Waals surface area contributed by atoms with Crippen LogP contribution in [0, 0.1) is 11.8 Å². The minimum Gasteiger partial charge on any atom is -0.339 e. The molecule has 25 heavy (non-hydrogen) atoms. The summed E-state index contributed by atoms with van der Waals surface area (Å²) in [4.78, 5) is 14.9. The molecule has 1 aromatic rings. The van der Waals surface area contributed by atoms with Crippen LogP contribution in [0.5, 0.6) is 0 Å². The average molecular weight is 369 g/mol. The summed E-state index contributed by atoms with van der Waals surface area (Å²) in [5.41, 5.74) is 0.533. The van der Waals surface area contributed by atoms with Crippen molar-refractivity contribution in [2.24, 2.45) is 11.8 Å². The van der Waals surface area contributed by atoms with Crippen molar-refractivity contribution in [2.45, 2.75) is 45.4 Å². The number of carbonyl (C=O) groups excluding carboxylic acids is 1.